The van der Waals surface area contributed by atoms with Crippen LogP contribution >= 0.6 is 0 Å². The number of sulfonamides is 1. The highest BCUT2D eigenvalue weighted by Gasteiger charge is 2.30. The molecule has 6 heteroatoms. The van der Waals surface area contributed by atoms with Gasteiger partial charge in [0.2, 0.25) is 10.0 Å². The van der Waals surface area contributed by atoms with Crippen LogP contribution in [-0.4, -0.2) is 14.5 Å². The Bertz CT molecular complexity index is 521. The molecule has 1 aliphatic carbocycles. The second-order valence-corrected chi connectivity index (χ2v) is 6.41. The average molecular weight is 272 g/mol. The fourth-order valence-electron chi connectivity index (χ4n) is 2.15. The third-order valence-corrected chi connectivity index (χ3v) is 5.11. The van der Waals surface area contributed by atoms with Crippen LogP contribution in [0.25, 0.3) is 0 Å². The molecule has 3 N–H and O–H groups in total. The third-order valence-electron chi connectivity index (χ3n) is 3.46. The van der Waals surface area contributed by atoms with E-state index in [-0.39, 0.29) is 11.7 Å². The van der Waals surface area contributed by atoms with Crippen LogP contribution in [0.5, 0.6) is 0 Å². The van der Waals surface area contributed by atoms with Gasteiger partial charge in [0.15, 0.2) is 0 Å². The molecule has 0 radical (unpaired) electrons. The quantitative estimate of drug-likeness (QED) is 0.822. The highest BCUT2D eigenvalue weighted by atomic mass is 32.2. The minimum atomic E-state index is -3.89. The molecule has 0 aliphatic heterocycles. The highest BCUT2D eigenvalue weighted by molar-refractivity contribution is 7.89. The molecule has 4 nitrogen and oxygen atoms in total. The van der Waals surface area contributed by atoms with Gasteiger partial charge in [-0.05, 0) is 37.8 Å². The van der Waals surface area contributed by atoms with Crippen LogP contribution in [-0.2, 0) is 10.0 Å². The van der Waals surface area contributed by atoms with Gasteiger partial charge in [-0.3, -0.25) is 0 Å². The first-order valence-electron chi connectivity index (χ1n) is 5.98. The van der Waals surface area contributed by atoms with Crippen LogP contribution in [0.3, 0.4) is 0 Å². The molecule has 1 saturated carbocycles. The van der Waals surface area contributed by atoms with E-state index in [0.717, 1.165) is 25.3 Å². The van der Waals surface area contributed by atoms with Crippen molar-refractivity contribution in [3.63, 3.8) is 0 Å². The summed E-state index contributed by atoms with van der Waals surface area (Å²) in [6, 6.07) is 3.67. The molecule has 0 heterocycles. The maximum absolute atomic E-state index is 13.6. The van der Waals surface area contributed by atoms with Crippen LogP contribution in [0, 0.1) is 11.7 Å². The van der Waals surface area contributed by atoms with Gasteiger partial charge in [-0.25, -0.2) is 17.5 Å². The van der Waals surface area contributed by atoms with E-state index in [4.69, 9.17) is 5.73 Å². The first kappa shape index (κ1) is 13.3. The first-order valence-corrected chi connectivity index (χ1v) is 7.46. The Balaban J connectivity index is 2.25. The van der Waals surface area contributed by atoms with Crippen LogP contribution < -0.4 is 10.5 Å². The SMILES string of the molecule is CC(NS(=O)(=O)c1c(N)cccc1F)C1CCC1. The van der Waals surface area contributed by atoms with Crippen LogP contribution in [0.15, 0.2) is 23.1 Å². The second kappa shape index (κ2) is 4.85. The number of nitrogens with one attached hydrogen (secondary N) is 1. The summed E-state index contributed by atoms with van der Waals surface area (Å²) in [5.41, 5.74) is 5.48. The van der Waals surface area contributed by atoms with Gasteiger partial charge in [0, 0.05) is 6.04 Å². The van der Waals surface area contributed by atoms with Crippen LogP contribution in [0.4, 0.5) is 10.1 Å². The Morgan fingerprint density at radius 2 is 2.11 bits per heavy atom. The summed E-state index contributed by atoms with van der Waals surface area (Å²) in [6.45, 7) is 1.80. The molecule has 0 bridgehead atoms. The molecule has 1 fully saturated rings. The monoisotopic (exact) mass is 272 g/mol. The van der Waals surface area contributed by atoms with E-state index in [9.17, 15) is 12.8 Å². The fraction of sp³-hybridized carbons (Fsp3) is 0.500. The van der Waals surface area contributed by atoms with Gasteiger partial charge in [-0.15, -0.1) is 0 Å². The van der Waals surface area contributed by atoms with Crippen molar-refractivity contribution in [3.05, 3.63) is 24.0 Å². The molecule has 0 amide bonds. The summed E-state index contributed by atoms with van der Waals surface area (Å²) in [7, 11) is -3.89. The second-order valence-electron chi connectivity index (χ2n) is 4.76. The highest BCUT2D eigenvalue weighted by Crippen LogP contribution is 2.30. The number of anilines is 1. The largest absolute Gasteiger partial charge is 0.398 e. The Hall–Kier alpha value is -1.14. The average Bonchev–Trinajstić information content (AvgIpc) is 2.11. The predicted octanol–water partition coefficient (Wildman–Crippen LogP) is 1.87. The molecule has 18 heavy (non-hydrogen) atoms. The van der Waals surface area contributed by atoms with Crippen molar-refractivity contribution in [2.45, 2.75) is 37.1 Å². The molecule has 1 aromatic rings. The minimum Gasteiger partial charge on any atom is -0.398 e. The normalized spacial score (nSPS) is 18.3. The topological polar surface area (TPSA) is 72.2 Å². The number of hydrogen-bond acceptors (Lipinski definition) is 3. The van der Waals surface area contributed by atoms with E-state index >= 15 is 0 Å². The Labute approximate surface area is 106 Å². The van der Waals surface area contributed by atoms with Crippen molar-refractivity contribution in [1.82, 2.24) is 4.72 Å². The number of hydrogen-bond donors (Lipinski definition) is 2. The number of halogens is 1. The molecule has 1 aliphatic rings. The molecular weight excluding hydrogens is 255 g/mol. The first-order chi connectivity index (χ1) is 8.42. The molecule has 100 valence electrons. The number of nitrogens with two attached hydrogens (primary N) is 1. The van der Waals surface area contributed by atoms with Crippen molar-refractivity contribution in [3.8, 4) is 0 Å². The van der Waals surface area contributed by atoms with Gasteiger partial charge in [-0.1, -0.05) is 12.5 Å². The number of nitrogen functional groups attached to an aromatic ring is 1. The standard InChI is InChI=1S/C12H17FN2O2S/c1-8(9-4-2-5-9)15-18(16,17)12-10(13)6-3-7-11(12)14/h3,6-9,15H,2,4-5,14H2,1H3. The number of benzene rings is 1. The summed E-state index contributed by atoms with van der Waals surface area (Å²) in [5, 5.41) is 0. The maximum Gasteiger partial charge on any atom is 0.245 e. The van der Waals surface area contributed by atoms with E-state index in [1.165, 1.54) is 12.1 Å². The Morgan fingerprint density at radius 1 is 1.44 bits per heavy atom. The van der Waals surface area contributed by atoms with Gasteiger partial charge in [0.1, 0.15) is 10.7 Å². The summed E-state index contributed by atoms with van der Waals surface area (Å²) in [5.74, 6) is -0.476. The van der Waals surface area contributed by atoms with Crippen LogP contribution in [0.2, 0.25) is 0 Å². The van der Waals surface area contributed by atoms with E-state index in [0.29, 0.717) is 5.92 Å². The van der Waals surface area contributed by atoms with Gasteiger partial charge >= 0.3 is 0 Å². The summed E-state index contributed by atoms with van der Waals surface area (Å²) in [4.78, 5) is -0.448. The van der Waals surface area contributed by atoms with Gasteiger partial charge < -0.3 is 5.73 Å². The molecular formula is C12H17FN2O2S. The number of rotatable bonds is 4. The van der Waals surface area contributed by atoms with Crippen LogP contribution in [0.1, 0.15) is 26.2 Å². The van der Waals surface area contributed by atoms with E-state index < -0.39 is 20.7 Å². The Morgan fingerprint density at radius 3 is 2.61 bits per heavy atom. The molecule has 1 aromatic carbocycles. The van der Waals surface area contributed by atoms with E-state index in [1.807, 2.05) is 0 Å². The van der Waals surface area contributed by atoms with Crippen molar-refractivity contribution in [1.29, 1.82) is 0 Å². The van der Waals surface area contributed by atoms with E-state index in [2.05, 4.69) is 4.72 Å². The Kier molecular flexibility index (Phi) is 3.59. The predicted molar refractivity (Wildman–Crippen MR) is 67.9 cm³/mol. The van der Waals surface area contributed by atoms with E-state index in [1.54, 1.807) is 6.92 Å². The lowest BCUT2D eigenvalue weighted by molar-refractivity contribution is 0.260. The zero-order valence-corrected chi connectivity index (χ0v) is 11.0. The molecule has 0 spiro atoms. The summed E-state index contributed by atoms with van der Waals surface area (Å²) >= 11 is 0. The molecule has 1 unspecified atom stereocenters. The minimum absolute atomic E-state index is 0.0664. The zero-order chi connectivity index (χ0) is 13.3. The summed E-state index contributed by atoms with van der Waals surface area (Å²) < 4.78 is 40.3. The van der Waals surface area contributed by atoms with Gasteiger partial charge in [-0.2, -0.15) is 0 Å². The lowest BCUT2D eigenvalue weighted by Gasteiger charge is -2.31. The summed E-state index contributed by atoms with van der Waals surface area (Å²) in [6.07, 6.45) is 3.14. The maximum atomic E-state index is 13.6. The zero-order valence-electron chi connectivity index (χ0n) is 10.2. The van der Waals surface area contributed by atoms with Gasteiger partial charge in [0.25, 0.3) is 0 Å². The molecule has 0 aromatic heterocycles. The van der Waals surface area contributed by atoms with Crippen molar-refractivity contribution >= 4 is 15.7 Å². The lowest BCUT2D eigenvalue weighted by Crippen LogP contribution is -2.41. The van der Waals surface area contributed by atoms with Crippen molar-refractivity contribution in [2.75, 3.05) is 5.73 Å². The fourth-order valence-corrected chi connectivity index (χ4v) is 3.65. The van der Waals surface area contributed by atoms with Gasteiger partial charge in [0.05, 0.1) is 5.69 Å². The molecule has 1 atom stereocenters. The van der Waals surface area contributed by atoms with Crippen molar-refractivity contribution in [2.24, 2.45) is 5.92 Å². The molecule has 0 saturated heterocycles. The molecule has 2 rings (SSSR count). The third kappa shape index (κ3) is 2.49. The van der Waals surface area contributed by atoms with Crippen molar-refractivity contribution < 1.29 is 12.8 Å². The smallest absolute Gasteiger partial charge is 0.245 e. The lowest BCUT2D eigenvalue weighted by atomic mass is 9.81.